The zero-order valence-corrected chi connectivity index (χ0v) is 17.4. The SMILES string of the molecule is OC[C@H]1OC(O)([C@]2(CO)O[C@@H](O)[C@H](O)[C@H](O)[C@@H]2OC2OC(O)C(O)C(O)C2O)[C@H](O)[C@@H](O)[C@H]1O. The fourth-order valence-electron chi connectivity index (χ4n) is 4.29. The fraction of sp³-hybridized carbons (Fsp3) is 1.00. The highest BCUT2D eigenvalue weighted by Gasteiger charge is 2.72. The molecule has 0 aromatic rings. The van der Waals surface area contributed by atoms with Crippen LogP contribution in [0.3, 0.4) is 0 Å². The molecule has 3 aliphatic heterocycles. The van der Waals surface area contributed by atoms with Gasteiger partial charge in [-0.1, -0.05) is 0 Å². The molecule has 3 heterocycles. The van der Waals surface area contributed by atoms with Gasteiger partial charge in [-0.25, -0.2) is 0 Å². The van der Waals surface area contributed by atoms with Gasteiger partial charge in [0.2, 0.25) is 5.79 Å². The summed E-state index contributed by atoms with van der Waals surface area (Å²) in [4.78, 5) is 0. The van der Waals surface area contributed by atoms with E-state index in [1.807, 2.05) is 0 Å². The number of ether oxygens (including phenoxy) is 4. The van der Waals surface area contributed by atoms with Gasteiger partial charge in [-0.3, -0.25) is 0 Å². The third kappa shape index (κ3) is 4.15. The Hall–Kier alpha value is -0.680. The average molecular weight is 506 g/mol. The summed E-state index contributed by atoms with van der Waals surface area (Å²) in [5.41, 5.74) is -3.05. The van der Waals surface area contributed by atoms with Gasteiger partial charge in [-0.15, -0.1) is 0 Å². The van der Waals surface area contributed by atoms with Gasteiger partial charge in [-0.05, 0) is 0 Å². The van der Waals surface area contributed by atoms with E-state index in [0.29, 0.717) is 0 Å². The van der Waals surface area contributed by atoms with Gasteiger partial charge in [-0.2, -0.15) is 0 Å². The van der Waals surface area contributed by atoms with Crippen molar-refractivity contribution in [3.8, 4) is 0 Å². The Morgan fingerprint density at radius 1 is 0.647 bits per heavy atom. The fourth-order valence-corrected chi connectivity index (χ4v) is 4.29. The molecule has 6 unspecified atom stereocenters. The Bertz CT molecular complexity index is 697. The van der Waals surface area contributed by atoms with E-state index < -0.39 is 105 Å². The third-order valence-electron chi connectivity index (χ3n) is 6.38. The van der Waals surface area contributed by atoms with Crippen LogP contribution < -0.4 is 0 Å². The molecule has 200 valence electrons. The molecular formula is C17H30O17. The summed E-state index contributed by atoms with van der Waals surface area (Å²) in [6.07, 6.45) is -28.3. The van der Waals surface area contributed by atoms with Crippen molar-refractivity contribution in [2.75, 3.05) is 13.2 Å². The minimum Gasteiger partial charge on any atom is -0.394 e. The van der Waals surface area contributed by atoms with Crippen LogP contribution >= 0.6 is 0 Å². The van der Waals surface area contributed by atoms with Crippen molar-refractivity contribution in [1.29, 1.82) is 0 Å². The summed E-state index contributed by atoms with van der Waals surface area (Å²) >= 11 is 0. The molecule has 0 radical (unpaired) electrons. The van der Waals surface area contributed by atoms with E-state index in [1.165, 1.54) is 0 Å². The van der Waals surface area contributed by atoms with Crippen LogP contribution in [0.5, 0.6) is 0 Å². The molecule has 34 heavy (non-hydrogen) atoms. The maximum atomic E-state index is 11.3. The first-order valence-corrected chi connectivity index (χ1v) is 10.2. The standard InChI is InChI=1S/C17H30O17/c18-1-3-4(20)6(22)11(27)17(30,33-3)16(2-19)12(7(23)9(25)14(29)34-16)31-15-10(26)5(21)8(24)13(28)32-15/h3-15,18-30H,1-2H2/t3-,4+,5?,6+,7+,8?,9-,10?,11-,12+,13?,14-,15?,16-,17?/m1/s1. The second-order valence-corrected chi connectivity index (χ2v) is 8.42. The van der Waals surface area contributed by atoms with Crippen LogP contribution in [-0.4, -0.2) is 171 Å². The maximum Gasteiger partial charge on any atom is 0.230 e. The molecule has 3 saturated heterocycles. The lowest BCUT2D eigenvalue weighted by molar-refractivity contribution is -0.470. The summed E-state index contributed by atoms with van der Waals surface area (Å²) in [5, 5.41) is 132. The highest BCUT2D eigenvalue weighted by Crippen LogP contribution is 2.46. The van der Waals surface area contributed by atoms with Gasteiger partial charge < -0.3 is 85.3 Å². The first-order chi connectivity index (χ1) is 15.8. The van der Waals surface area contributed by atoms with Gasteiger partial charge in [0.05, 0.1) is 13.2 Å². The van der Waals surface area contributed by atoms with Crippen molar-refractivity contribution >= 4 is 0 Å². The van der Waals surface area contributed by atoms with Crippen LogP contribution in [0.1, 0.15) is 0 Å². The third-order valence-corrected chi connectivity index (χ3v) is 6.38. The Kier molecular flexibility index (Phi) is 8.20. The second kappa shape index (κ2) is 10.00. The lowest BCUT2D eigenvalue weighted by atomic mass is 9.74. The second-order valence-electron chi connectivity index (χ2n) is 8.42. The first kappa shape index (κ1) is 27.9. The highest BCUT2D eigenvalue weighted by molar-refractivity contribution is 5.15. The zero-order chi connectivity index (χ0) is 25.7. The number of aliphatic hydroxyl groups is 13. The maximum absolute atomic E-state index is 11.3. The van der Waals surface area contributed by atoms with Crippen LogP contribution in [0, 0.1) is 0 Å². The molecule has 3 rings (SSSR count). The number of hydrogen-bond donors (Lipinski definition) is 13. The van der Waals surface area contributed by atoms with E-state index in [4.69, 9.17) is 18.9 Å². The summed E-state index contributed by atoms with van der Waals surface area (Å²) in [7, 11) is 0. The lowest BCUT2D eigenvalue weighted by Crippen LogP contribution is -2.82. The van der Waals surface area contributed by atoms with E-state index in [-0.39, 0.29) is 0 Å². The van der Waals surface area contributed by atoms with Gasteiger partial charge in [0.15, 0.2) is 24.5 Å². The van der Waals surface area contributed by atoms with Crippen molar-refractivity contribution in [2.45, 2.75) is 91.3 Å². The normalized spacial score (nSPS) is 56.9. The Balaban J connectivity index is 2.06. The monoisotopic (exact) mass is 506 g/mol. The predicted octanol–water partition coefficient (Wildman–Crippen LogP) is -8.91. The number of hydrogen-bond acceptors (Lipinski definition) is 17. The van der Waals surface area contributed by atoms with Crippen molar-refractivity contribution in [3.63, 3.8) is 0 Å². The molecule has 0 aromatic heterocycles. The van der Waals surface area contributed by atoms with Crippen molar-refractivity contribution < 1.29 is 85.3 Å². The zero-order valence-electron chi connectivity index (χ0n) is 17.4. The average Bonchev–Trinajstić information content (AvgIpc) is 2.81. The van der Waals surface area contributed by atoms with E-state index in [1.54, 1.807) is 0 Å². The van der Waals surface area contributed by atoms with Crippen LogP contribution in [-0.2, 0) is 18.9 Å². The highest BCUT2D eigenvalue weighted by atomic mass is 16.8. The van der Waals surface area contributed by atoms with Gasteiger partial charge >= 0.3 is 0 Å². The molecular weight excluding hydrogens is 476 g/mol. The molecule has 0 saturated carbocycles. The van der Waals surface area contributed by atoms with Gasteiger partial charge in [0, 0.05) is 0 Å². The predicted molar refractivity (Wildman–Crippen MR) is 97.6 cm³/mol. The molecule has 0 amide bonds. The molecule has 17 nitrogen and oxygen atoms in total. The summed E-state index contributed by atoms with van der Waals surface area (Å²) < 4.78 is 20.4. The van der Waals surface area contributed by atoms with Crippen LogP contribution in [0.15, 0.2) is 0 Å². The number of rotatable bonds is 5. The molecule has 15 atom stereocenters. The Morgan fingerprint density at radius 2 is 1.24 bits per heavy atom. The van der Waals surface area contributed by atoms with Crippen LogP contribution in [0.25, 0.3) is 0 Å². The van der Waals surface area contributed by atoms with E-state index >= 15 is 0 Å². The molecule has 3 aliphatic rings. The summed E-state index contributed by atoms with van der Waals surface area (Å²) in [6, 6.07) is 0. The minimum atomic E-state index is -3.39. The van der Waals surface area contributed by atoms with Crippen LogP contribution in [0.2, 0.25) is 0 Å². The molecule has 13 N–H and O–H groups in total. The molecule has 0 bridgehead atoms. The van der Waals surface area contributed by atoms with E-state index in [0.717, 1.165) is 0 Å². The molecule has 17 heteroatoms. The lowest BCUT2D eigenvalue weighted by Gasteiger charge is -2.59. The topological polar surface area (TPSA) is 300 Å². The van der Waals surface area contributed by atoms with Gasteiger partial charge in [0.1, 0.15) is 61.0 Å². The molecule has 0 aromatic carbocycles. The van der Waals surface area contributed by atoms with E-state index in [2.05, 4.69) is 0 Å². The summed E-state index contributed by atoms with van der Waals surface area (Å²) in [6.45, 7) is -2.56. The van der Waals surface area contributed by atoms with Crippen molar-refractivity contribution in [1.82, 2.24) is 0 Å². The smallest absolute Gasteiger partial charge is 0.230 e. The van der Waals surface area contributed by atoms with Gasteiger partial charge in [0.25, 0.3) is 0 Å². The first-order valence-electron chi connectivity index (χ1n) is 10.2. The van der Waals surface area contributed by atoms with E-state index in [9.17, 15) is 66.4 Å². The molecule has 3 fully saturated rings. The minimum absolute atomic E-state index is 1.05. The quantitative estimate of drug-likeness (QED) is 0.165. The largest absolute Gasteiger partial charge is 0.394 e. The Labute approximate surface area is 190 Å². The Morgan fingerprint density at radius 3 is 1.79 bits per heavy atom. The van der Waals surface area contributed by atoms with Crippen molar-refractivity contribution in [3.05, 3.63) is 0 Å². The van der Waals surface area contributed by atoms with Crippen molar-refractivity contribution in [2.24, 2.45) is 0 Å². The van der Waals surface area contributed by atoms with Crippen LogP contribution in [0.4, 0.5) is 0 Å². The number of aliphatic hydroxyl groups excluding tert-OH is 12. The summed E-state index contributed by atoms with van der Waals surface area (Å²) in [5.74, 6) is -3.39. The molecule has 0 spiro atoms. The molecule has 0 aliphatic carbocycles.